The number of halogens is 1. The van der Waals surface area contributed by atoms with Gasteiger partial charge in [0.05, 0.1) is 37.7 Å². The maximum atomic E-state index is 14.2. The molecule has 0 bridgehead atoms. The summed E-state index contributed by atoms with van der Waals surface area (Å²) >= 11 is 0. The Morgan fingerprint density at radius 2 is 2.12 bits per heavy atom. The number of carbonyl (C=O) groups excluding carboxylic acids is 1. The van der Waals surface area contributed by atoms with Gasteiger partial charge in [-0.1, -0.05) is 6.07 Å². The van der Waals surface area contributed by atoms with Crippen LogP contribution in [0.3, 0.4) is 0 Å². The SMILES string of the molecule is COc1cccc(C(=O)N[C@H]2COC[C@H]2CS(=O)(=O)N(C)C)c1F. The van der Waals surface area contributed by atoms with Crippen LogP contribution in [0, 0.1) is 11.7 Å². The molecule has 1 saturated heterocycles. The first-order valence-electron chi connectivity index (χ1n) is 7.37. The Bertz CT molecular complexity index is 708. The molecule has 0 radical (unpaired) electrons. The monoisotopic (exact) mass is 360 g/mol. The summed E-state index contributed by atoms with van der Waals surface area (Å²) in [5.41, 5.74) is -0.157. The van der Waals surface area contributed by atoms with E-state index in [9.17, 15) is 17.6 Å². The molecule has 7 nitrogen and oxygen atoms in total. The molecule has 0 spiro atoms. The van der Waals surface area contributed by atoms with E-state index in [1.165, 1.54) is 39.4 Å². The summed E-state index contributed by atoms with van der Waals surface area (Å²) in [6, 6.07) is 3.76. The van der Waals surface area contributed by atoms with Crippen molar-refractivity contribution in [2.45, 2.75) is 6.04 Å². The van der Waals surface area contributed by atoms with Crippen molar-refractivity contribution >= 4 is 15.9 Å². The summed E-state index contributed by atoms with van der Waals surface area (Å²) < 4.78 is 49.4. The van der Waals surface area contributed by atoms with E-state index in [0.717, 1.165) is 4.31 Å². The normalized spacial score (nSPS) is 21.0. The van der Waals surface area contributed by atoms with E-state index in [1.807, 2.05) is 0 Å². The molecule has 9 heteroatoms. The van der Waals surface area contributed by atoms with Crippen LogP contribution >= 0.6 is 0 Å². The molecule has 2 atom stereocenters. The van der Waals surface area contributed by atoms with E-state index in [0.29, 0.717) is 0 Å². The number of sulfonamides is 1. The van der Waals surface area contributed by atoms with Gasteiger partial charge in [-0.15, -0.1) is 0 Å². The molecule has 0 saturated carbocycles. The topological polar surface area (TPSA) is 84.9 Å². The Morgan fingerprint density at radius 3 is 2.75 bits per heavy atom. The van der Waals surface area contributed by atoms with Crippen molar-refractivity contribution < 1.29 is 27.1 Å². The Balaban J connectivity index is 2.11. The fourth-order valence-electron chi connectivity index (χ4n) is 2.43. The first-order chi connectivity index (χ1) is 11.3. The highest BCUT2D eigenvalue weighted by Gasteiger charge is 2.34. The van der Waals surface area contributed by atoms with E-state index in [-0.39, 0.29) is 30.3 Å². The molecule has 1 aromatic carbocycles. The van der Waals surface area contributed by atoms with Crippen LogP contribution in [-0.4, -0.2) is 64.8 Å². The van der Waals surface area contributed by atoms with Crippen molar-refractivity contribution in [3.8, 4) is 5.75 Å². The number of nitrogens with one attached hydrogen (secondary N) is 1. The second-order valence-corrected chi connectivity index (χ2v) is 7.99. The lowest BCUT2D eigenvalue weighted by molar-refractivity contribution is 0.0921. The second kappa shape index (κ2) is 7.45. The zero-order valence-electron chi connectivity index (χ0n) is 13.8. The molecule has 0 aromatic heterocycles. The smallest absolute Gasteiger partial charge is 0.254 e. The van der Waals surface area contributed by atoms with Gasteiger partial charge in [0.15, 0.2) is 11.6 Å². The van der Waals surface area contributed by atoms with Gasteiger partial charge in [-0.2, -0.15) is 0 Å². The van der Waals surface area contributed by atoms with Crippen LogP contribution in [0.4, 0.5) is 4.39 Å². The van der Waals surface area contributed by atoms with Crippen LogP contribution in [0.2, 0.25) is 0 Å². The number of amides is 1. The fourth-order valence-corrected chi connectivity index (χ4v) is 3.60. The molecule has 1 fully saturated rings. The minimum Gasteiger partial charge on any atom is -0.494 e. The number of ether oxygens (including phenoxy) is 2. The molecular weight excluding hydrogens is 339 g/mol. The highest BCUT2D eigenvalue weighted by Crippen LogP contribution is 2.22. The quantitative estimate of drug-likeness (QED) is 0.797. The Labute approximate surface area is 140 Å². The minimum absolute atomic E-state index is 0.0305. The van der Waals surface area contributed by atoms with Crippen LogP contribution in [0.5, 0.6) is 5.75 Å². The average Bonchev–Trinajstić information content (AvgIpc) is 2.93. The van der Waals surface area contributed by atoms with E-state index in [1.54, 1.807) is 0 Å². The Hall–Kier alpha value is -1.71. The minimum atomic E-state index is -3.43. The van der Waals surface area contributed by atoms with Crippen LogP contribution in [0.25, 0.3) is 0 Å². The number of nitrogens with zero attached hydrogens (tertiary/aromatic N) is 1. The predicted molar refractivity (Wildman–Crippen MR) is 86.0 cm³/mol. The highest BCUT2D eigenvalue weighted by atomic mass is 32.2. The number of methoxy groups -OCH3 is 1. The van der Waals surface area contributed by atoms with Gasteiger partial charge in [0.1, 0.15) is 0 Å². The second-order valence-electron chi connectivity index (χ2n) is 5.76. The molecule has 24 heavy (non-hydrogen) atoms. The molecule has 1 aliphatic heterocycles. The summed E-state index contributed by atoms with van der Waals surface area (Å²) in [5.74, 6) is -1.96. The molecule has 1 heterocycles. The number of hydrogen-bond acceptors (Lipinski definition) is 5. The number of carbonyl (C=O) groups is 1. The maximum Gasteiger partial charge on any atom is 0.254 e. The van der Waals surface area contributed by atoms with E-state index in [2.05, 4.69) is 5.32 Å². The maximum absolute atomic E-state index is 14.2. The molecular formula is C15H21FN2O5S. The zero-order valence-corrected chi connectivity index (χ0v) is 14.6. The van der Waals surface area contributed by atoms with Gasteiger partial charge in [0, 0.05) is 20.0 Å². The lowest BCUT2D eigenvalue weighted by atomic mass is 10.1. The zero-order chi connectivity index (χ0) is 17.9. The summed E-state index contributed by atoms with van der Waals surface area (Å²) in [7, 11) is 0.784. The first kappa shape index (κ1) is 18.6. The molecule has 1 N–H and O–H groups in total. The van der Waals surface area contributed by atoms with Crippen molar-refractivity contribution in [2.24, 2.45) is 5.92 Å². The predicted octanol–water partition coefficient (Wildman–Crippen LogP) is 0.470. The summed E-state index contributed by atoms with van der Waals surface area (Å²) in [6.45, 7) is 0.406. The third-order valence-electron chi connectivity index (χ3n) is 3.92. The summed E-state index contributed by atoms with van der Waals surface area (Å²) in [5, 5.41) is 2.66. The van der Waals surface area contributed by atoms with Crippen LogP contribution in [0.1, 0.15) is 10.4 Å². The van der Waals surface area contributed by atoms with Crippen LogP contribution in [-0.2, 0) is 14.8 Å². The third-order valence-corrected chi connectivity index (χ3v) is 5.89. The Morgan fingerprint density at radius 1 is 1.42 bits per heavy atom. The summed E-state index contributed by atoms with van der Waals surface area (Å²) in [6.07, 6.45) is 0. The number of rotatable bonds is 6. The van der Waals surface area contributed by atoms with E-state index >= 15 is 0 Å². The lowest BCUT2D eigenvalue weighted by Gasteiger charge is -2.21. The molecule has 0 aliphatic carbocycles. The highest BCUT2D eigenvalue weighted by molar-refractivity contribution is 7.89. The van der Waals surface area contributed by atoms with Gasteiger partial charge in [0.2, 0.25) is 10.0 Å². The molecule has 134 valence electrons. The third kappa shape index (κ3) is 4.03. The average molecular weight is 360 g/mol. The van der Waals surface area contributed by atoms with Gasteiger partial charge < -0.3 is 14.8 Å². The number of hydrogen-bond donors (Lipinski definition) is 1. The standard InChI is InChI=1S/C15H21FN2O5S/c1-18(2)24(20,21)9-10-7-23-8-12(10)17-15(19)11-5-4-6-13(22-3)14(11)16/h4-6,10,12H,7-9H2,1-3H3,(H,17,19)/t10-,12-/m0/s1. The number of benzene rings is 1. The lowest BCUT2D eigenvalue weighted by Crippen LogP contribution is -2.43. The van der Waals surface area contributed by atoms with Crippen LogP contribution in [0.15, 0.2) is 18.2 Å². The molecule has 2 rings (SSSR count). The summed E-state index contributed by atoms with van der Waals surface area (Å²) in [4.78, 5) is 12.3. The van der Waals surface area contributed by atoms with Crippen molar-refractivity contribution in [1.82, 2.24) is 9.62 Å². The molecule has 1 aromatic rings. The first-order valence-corrected chi connectivity index (χ1v) is 8.98. The van der Waals surface area contributed by atoms with Crippen LogP contribution < -0.4 is 10.1 Å². The van der Waals surface area contributed by atoms with Crippen molar-refractivity contribution in [3.63, 3.8) is 0 Å². The van der Waals surface area contributed by atoms with Gasteiger partial charge in [-0.25, -0.2) is 17.1 Å². The molecule has 1 amide bonds. The van der Waals surface area contributed by atoms with Crippen molar-refractivity contribution in [2.75, 3.05) is 40.2 Å². The van der Waals surface area contributed by atoms with Gasteiger partial charge in [0.25, 0.3) is 5.91 Å². The van der Waals surface area contributed by atoms with E-state index in [4.69, 9.17) is 9.47 Å². The molecule has 1 aliphatic rings. The van der Waals surface area contributed by atoms with Gasteiger partial charge in [-0.3, -0.25) is 4.79 Å². The van der Waals surface area contributed by atoms with Crippen molar-refractivity contribution in [3.05, 3.63) is 29.6 Å². The molecule has 0 unspecified atom stereocenters. The van der Waals surface area contributed by atoms with Gasteiger partial charge >= 0.3 is 0 Å². The van der Waals surface area contributed by atoms with Crippen molar-refractivity contribution in [1.29, 1.82) is 0 Å². The Kier molecular flexibility index (Phi) is 5.79. The fraction of sp³-hybridized carbons (Fsp3) is 0.533. The van der Waals surface area contributed by atoms with E-state index < -0.39 is 33.7 Å². The van der Waals surface area contributed by atoms with Gasteiger partial charge in [-0.05, 0) is 12.1 Å². The largest absolute Gasteiger partial charge is 0.494 e.